The van der Waals surface area contributed by atoms with E-state index in [1.54, 1.807) is 12.2 Å². The minimum Gasteiger partial charge on any atom is -0.454 e. The molecule has 1 saturated carbocycles. The molecule has 5 nitrogen and oxygen atoms in total. The third-order valence-corrected chi connectivity index (χ3v) is 3.97. The number of rotatable bonds is 3. The molecule has 2 aliphatic rings. The zero-order chi connectivity index (χ0) is 14.7. The van der Waals surface area contributed by atoms with Crippen molar-refractivity contribution < 1.29 is 14.3 Å². The first-order valence-electron chi connectivity index (χ1n) is 7.36. The van der Waals surface area contributed by atoms with Crippen LogP contribution in [0.25, 0.3) is 6.08 Å². The number of nitrogens with two attached hydrogens (primary N) is 1. The summed E-state index contributed by atoms with van der Waals surface area (Å²) in [5.41, 5.74) is 6.93. The average molecular weight is 288 g/mol. The van der Waals surface area contributed by atoms with E-state index in [1.807, 2.05) is 18.2 Å². The van der Waals surface area contributed by atoms with Crippen molar-refractivity contribution in [2.75, 3.05) is 6.79 Å². The third-order valence-electron chi connectivity index (χ3n) is 3.97. The second-order valence-electron chi connectivity index (χ2n) is 5.51. The minimum atomic E-state index is -0.102. The van der Waals surface area contributed by atoms with Gasteiger partial charge < -0.3 is 20.5 Å². The van der Waals surface area contributed by atoms with Gasteiger partial charge >= 0.3 is 0 Å². The van der Waals surface area contributed by atoms with E-state index < -0.39 is 0 Å². The van der Waals surface area contributed by atoms with E-state index in [9.17, 15) is 4.79 Å². The molecule has 0 radical (unpaired) electrons. The van der Waals surface area contributed by atoms with Crippen molar-refractivity contribution >= 4 is 12.0 Å². The van der Waals surface area contributed by atoms with Crippen LogP contribution in [0.3, 0.4) is 0 Å². The molecule has 1 aliphatic carbocycles. The second kappa shape index (κ2) is 6.18. The summed E-state index contributed by atoms with van der Waals surface area (Å²) in [6.07, 6.45) is 7.54. The van der Waals surface area contributed by atoms with Gasteiger partial charge in [0.15, 0.2) is 11.5 Å². The Morgan fingerprint density at radius 3 is 2.90 bits per heavy atom. The number of benzene rings is 1. The molecule has 1 aromatic rings. The molecular formula is C16H20N2O3. The molecule has 0 saturated heterocycles. The quantitative estimate of drug-likeness (QED) is 0.832. The number of carbonyl (C=O) groups excluding carboxylic acids is 1. The van der Waals surface area contributed by atoms with E-state index in [1.165, 1.54) is 0 Å². The van der Waals surface area contributed by atoms with Crippen LogP contribution in [-0.2, 0) is 4.79 Å². The molecule has 2 unspecified atom stereocenters. The minimum absolute atomic E-state index is 0.0710. The fourth-order valence-corrected chi connectivity index (χ4v) is 2.76. The highest BCUT2D eigenvalue weighted by molar-refractivity contribution is 5.92. The molecule has 0 aromatic heterocycles. The Bertz CT molecular complexity index is 556. The molecule has 0 spiro atoms. The Balaban J connectivity index is 1.59. The van der Waals surface area contributed by atoms with Crippen molar-refractivity contribution in [3.63, 3.8) is 0 Å². The van der Waals surface area contributed by atoms with Crippen molar-refractivity contribution in [1.29, 1.82) is 0 Å². The lowest BCUT2D eigenvalue weighted by Gasteiger charge is -2.28. The smallest absolute Gasteiger partial charge is 0.244 e. The summed E-state index contributed by atoms with van der Waals surface area (Å²) in [5, 5.41) is 2.98. The highest BCUT2D eigenvalue weighted by Crippen LogP contribution is 2.32. The number of fused-ring (bicyclic) bond motifs is 1. The summed E-state index contributed by atoms with van der Waals surface area (Å²) in [6.45, 7) is 0.253. The molecule has 21 heavy (non-hydrogen) atoms. The average Bonchev–Trinajstić information content (AvgIpc) is 2.95. The van der Waals surface area contributed by atoms with Gasteiger partial charge in [0.05, 0.1) is 0 Å². The third kappa shape index (κ3) is 3.36. The molecular weight excluding hydrogens is 268 g/mol. The Labute approximate surface area is 124 Å². The Morgan fingerprint density at radius 1 is 1.24 bits per heavy atom. The SMILES string of the molecule is NC1CCCCC1NC(=O)/C=C/c1ccc2c(c1)OCO2. The van der Waals surface area contributed by atoms with Gasteiger partial charge in [-0.25, -0.2) is 0 Å². The van der Waals surface area contributed by atoms with Crippen LogP contribution in [0, 0.1) is 0 Å². The van der Waals surface area contributed by atoms with Gasteiger partial charge in [-0.15, -0.1) is 0 Å². The van der Waals surface area contributed by atoms with Crippen LogP contribution in [0.15, 0.2) is 24.3 Å². The van der Waals surface area contributed by atoms with E-state index in [2.05, 4.69) is 5.32 Å². The first kappa shape index (κ1) is 13.9. The maximum Gasteiger partial charge on any atom is 0.244 e. The molecule has 1 fully saturated rings. The molecule has 5 heteroatoms. The van der Waals surface area contributed by atoms with Gasteiger partial charge in [0.1, 0.15) is 0 Å². The zero-order valence-electron chi connectivity index (χ0n) is 11.9. The lowest BCUT2D eigenvalue weighted by molar-refractivity contribution is -0.117. The number of hydrogen-bond donors (Lipinski definition) is 2. The van der Waals surface area contributed by atoms with E-state index in [0.29, 0.717) is 5.75 Å². The maximum atomic E-state index is 12.0. The molecule has 112 valence electrons. The largest absolute Gasteiger partial charge is 0.454 e. The molecule has 1 heterocycles. The number of ether oxygens (including phenoxy) is 2. The van der Waals surface area contributed by atoms with E-state index in [0.717, 1.165) is 37.0 Å². The summed E-state index contributed by atoms with van der Waals surface area (Å²) in [6, 6.07) is 5.76. The predicted octanol–water partition coefficient (Wildman–Crippen LogP) is 1.81. The van der Waals surface area contributed by atoms with Gasteiger partial charge in [0, 0.05) is 18.2 Å². The fraction of sp³-hybridized carbons (Fsp3) is 0.438. The summed E-state index contributed by atoms with van der Waals surface area (Å²) < 4.78 is 10.6. The van der Waals surface area contributed by atoms with Gasteiger partial charge in [0.2, 0.25) is 12.7 Å². The lowest BCUT2D eigenvalue weighted by Crippen LogP contribution is -2.48. The van der Waals surface area contributed by atoms with Crippen molar-refractivity contribution in [3.8, 4) is 11.5 Å². The second-order valence-corrected chi connectivity index (χ2v) is 5.51. The van der Waals surface area contributed by atoms with Crippen molar-refractivity contribution in [1.82, 2.24) is 5.32 Å². The van der Waals surface area contributed by atoms with Gasteiger partial charge in [-0.05, 0) is 36.6 Å². The zero-order valence-corrected chi connectivity index (χ0v) is 11.9. The number of hydrogen-bond acceptors (Lipinski definition) is 4. The summed E-state index contributed by atoms with van der Waals surface area (Å²) in [7, 11) is 0. The number of nitrogens with one attached hydrogen (secondary N) is 1. The van der Waals surface area contributed by atoms with Crippen LogP contribution in [0.1, 0.15) is 31.2 Å². The van der Waals surface area contributed by atoms with Gasteiger partial charge in [0.25, 0.3) is 0 Å². The monoisotopic (exact) mass is 288 g/mol. The van der Waals surface area contributed by atoms with Crippen molar-refractivity contribution in [2.45, 2.75) is 37.8 Å². The van der Waals surface area contributed by atoms with Crippen LogP contribution in [-0.4, -0.2) is 24.8 Å². The first-order valence-corrected chi connectivity index (χ1v) is 7.36. The lowest BCUT2D eigenvalue weighted by atomic mass is 9.91. The molecule has 1 amide bonds. The Hall–Kier alpha value is -2.01. The van der Waals surface area contributed by atoms with Crippen LogP contribution in [0.4, 0.5) is 0 Å². The van der Waals surface area contributed by atoms with Gasteiger partial charge in [-0.2, -0.15) is 0 Å². The topological polar surface area (TPSA) is 73.6 Å². The van der Waals surface area contributed by atoms with E-state index >= 15 is 0 Å². The van der Waals surface area contributed by atoms with Crippen LogP contribution in [0.5, 0.6) is 11.5 Å². The van der Waals surface area contributed by atoms with Gasteiger partial charge in [-0.3, -0.25) is 4.79 Å². The summed E-state index contributed by atoms with van der Waals surface area (Å²) in [4.78, 5) is 12.0. The standard InChI is InChI=1S/C16H20N2O3/c17-12-3-1-2-4-13(12)18-16(19)8-6-11-5-7-14-15(9-11)21-10-20-14/h5-9,12-13H,1-4,10,17H2,(H,18,19)/b8-6+. The Morgan fingerprint density at radius 2 is 2.05 bits per heavy atom. The molecule has 0 bridgehead atoms. The van der Waals surface area contributed by atoms with Crippen molar-refractivity contribution in [2.24, 2.45) is 5.73 Å². The highest BCUT2D eigenvalue weighted by atomic mass is 16.7. The van der Waals surface area contributed by atoms with Crippen LogP contribution >= 0.6 is 0 Å². The molecule has 3 N–H and O–H groups in total. The molecule has 1 aromatic carbocycles. The molecule has 3 rings (SSSR count). The maximum absolute atomic E-state index is 12.0. The number of carbonyl (C=O) groups is 1. The van der Waals surface area contributed by atoms with Crippen LogP contribution in [0.2, 0.25) is 0 Å². The summed E-state index contributed by atoms with van der Waals surface area (Å²) in [5.74, 6) is 1.35. The first-order chi connectivity index (χ1) is 10.2. The molecule has 2 atom stereocenters. The number of amides is 1. The predicted molar refractivity (Wildman–Crippen MR) is 80.0 cm³/mol. The van der Waals surface area contributed by atoms with E-state index in [4.69, 9.17) is 15.2 Å². The summed E-state index contributed by atoms with van der Waals surface area (Å²) >= 11 is 0. The highest BCUT2D eigenvalue weighted by Gasteiger charge is 2.22. The van der Waals surface area contributed by atoms with Gasteiger partial charge in [-0.1, -0.05) is 18.9 Å². The molecule has 1 aliphatic heterocycles. The van der Waals surface area contributed by atoms with Crippen LogP contribution < -0.4 is 20.5 Å². The van der Waals surface area contributed by atoms with E-state index in [-0.39, 0.29) is 24.8 Å². The fourth-order valence-electron chi connectivity index (χ4n) is 2.76. The van der Waals surface area contributed by atoms with Crippen molar-refractivity contribution in [3.05, 3.63) is 29.8 Å². The Kier molecular flexibility index (Phi) is 4.10. The normalized spacial score (nSPS) is 24.2.